The van der Waals surface area contributed by atoms with Gasteiger partial charge in [-0.2, -0.15) is 5.10 Å². The molecule has 2 rings (SSSR count). The predicted molar refractivity (Wildman–Crippen MR) is 77.7 cm³/mol. The second kappa shape index (κ2) is 5.50. The molecule has 0 saturated heterocycles. The lowest BCUT2D eigenvalue weighted by Gasteiger charge is -2.10. The van der Waals surface area contributed by atoms with Gasteiger partial charge in [-0.1, -0.05) is 18.3 Å². The monoisotopic (exact) mass is 342 g/mol. The lowest BCUT2D eigenvalue weighted by Crippen LogP contribution is -2.14. The summed E-state index contributed by atoms with van der Waals surface area (Å²) in [5.74, 6) is 0.101. The third-order valence-corrected chi connectivity index (χ3v) is 4.04. The van der Waals surface area contributed by atoms with E-state index < -0.39 is 0 Å². The Bertz CT molecular complexity index is 603. The molecule has 0 aliphatic carbocycles. The number of rotatable bonds is 4. The van der Waals surface area contributed by atoms with Crippen LogP contribution in [0.15, 0.2) is 10.7 Å². The fourth-order valence-electron chi connectivity index (χ4n) is 1.79. The molecule has 102 valence electrons. The molecular formula is C12H15BrN4OS. The molecule has 2 heterocycles. The van der Waals surface area contributed by atoms with Crippen LogP contribution in [0.4, 0.5) is 0 Å². The average molecular weight is 343 g/mol. The first-order valence-electron chi connectivity index (χ1n) is 6.03. The van der Waals surface area contributed by atoms with Crippen LogP contribution in [0.25, 0.3) is 0 Å². The van der Waals surface area contributed by atoms with Crippen LogP contribution in [0.5, 0.6) is 0 Å². The largest absolute Gasteiger partial charge is 0.286 e. The van der Waals surface area contributed by atoms with Crippen molar-refractivity contribution in [1.29, 1.82) is 0 Å². The van der Waals surface area contributed by atoms with E-state index >= 15 is 0 Å². The normalized spacial score (nSPS) is 11.5. The van der Waals surface area contributed by atoms with Crippen LogP contribution < -0.4 is 0 Å². The maximum absolute atomic E-state index is 12.7. The molecule has 0 fully saturated rings. The molecular weight excluding hydrogens is 328 g/mol. The van der Waals surface area contributed by atoms with Gasteiger partial charge in [0.05, 0.1) is 16.4 Å². The molecule has 7 heteroatoms. The van der Waals surface area contributed by atoms with Gasteiger partial charge in [-0.3, -0.25) is 9.48 Å². The number of nitrogens with zero attached hydrogens (tertiary/aromatic N) is 4. The minimum atomic E-state index is -0.0724. The Morgan fingerprint density at radius 1 is 1.37 bits per heavy atom. The van der Waals surface area contributed by atoms with E-state index in [0.29, 0.717) is 15.0 Å². The maximum atomic E-state index is 12.7. The van der Waals surface area contributed by atoms with Crippen LogP contribution in [-0.2, 0) is 0 Å². The Morgan fingerprint density at radius 3 is 2.63 bits per heavy atom. The van der Waals surface area contributed by atoms with E-state index in [1.165, 1.54) is 0 Å². The molecule has 5 nitrogen and oxygen atoms in total. The van der Waals surface area contributed by atoms with Crippen molar-refractivity contribution < 1.29 is 4.79 Å². The minimum Gasteiger partial charge on any atom is -0.286 e. The molecule has 0 aromatic carbocycles. The molecule has 0 atom stereocenters. The zero-order chi connectivity index (χ0) is 14.2. The minimum absolute atomic E-state index is 0.0724. The second-order valence-electron chi connectivity index (χ2n) is 4.85. The standard InChI is InChI=1S/C12H15BrN4OS/c1-6(2)9-12(19-16-15-9)11(18)10-8(13)5-14-17(10)7(3)4/h5-7H,1-4H3. The van der Waals surface area contributed by atoms with Crippen molar-refractivity contribution in [3.05, 3.63) is 26.9 Å². The summed E-state index contributed by atoms with van der Waals surface area (Å²) in [4.78, 5) is 13.3. The van der Waals surface area contributed by atoms with Gasteiger partial charge in [-0.25, -0.2) is 0 Å². The van der Waals surface area contributed by atoms with Crippen LogP contribution in [-0.4, -0.2) is 25.2 Å². The summed E-state index contributed by atoms with van der Waals surface area (Å²) < 4.78 is 6.33. The van der Waals surface area contributed by atoms with Gasteiger partial charge in [0, 0.05) is 6.04 Å². The SMILES string of the molecule is CC(C)c1nnsc1C(=O)c1c(Br)cnn1C(C)C. The van der Waals surface area contributed by atoms with E-state index in [2.05, 4.69) is 30.6 Å². The van der Waals surface area contributed by atoms with Gasteiger partial charge in [0.1, 0.15) is 10.6 Å². The molecule has 0 aliphatic heterocycles. The number of hydrogen-bond acceptors (Lipinski definition) is 5. The van der Waals surface area contributed by atoms with Gasteiger partial charge in [0.25, 0.3) is 0 Å². The number of carbonyl (C=O) groups excluding carboxylic acids is 1. The van der Waals surface area contributed by atoms with Gasteiger partial charge in [0.2, 0.25) is 5.78 Å². The van der Waals surface area contributed by atoms with Gasteiger partial charge in [-0.15, -0.1) is 5.10 Å². The van der Waals surface area contributed by atoms with Crippen LogP contribution in [0.2, 0.25) is 0 Å². The van der Waals surface area contributed by atoms with E-state index in [0.717, 1.165) is 17.2 Å². The van der Waals surface area contributed by atoms with Gasteiger partial charge in [-0.05, 0) is 47.2 Å². The van der Waals surface area contributed by atoms with E-state index in [1.54, 1.807) is 10.9 Å². The summed E-state index contributed by atoms with van der Waals surface area (Å²) >= 11 is 4.53. The number of aromatic nitrogens is 4. The Balaban J connectivity index is 2.50. The lowest BCUT2D eigenvalue weighted by molar-refractivity contribution is 0.102. The predicted octanol–water partition coefficient (Wildman–Crippen LogP) is 3.43. The third kappa shape index (κ3) is 2.62. The molecule has 0 amide bonds. The van der Waals surface area contributed by atoms with E-state index in [1.807, 2.05) is 27.7 Å². The van der Waals surface area contributed by atoms with Gasteiger partial charge < -0.3 is 0 Å². The van der Waals surface area contributed by atoms with Crippen molar-refractivity contribution in [2.45, 2.75) is 39.7 Å². The van der Waals surface area contributed by atoms with Gasteiger partial charge >= 0.3 is 0 Å². The fraction of sp³-hybridized carbons (Fsp3) is 0.500. The molecule has 2 aromatic rings. The first kappa shape index (κ1) is 14.3. The topological polar surface area (TPSA) is 60.7 Å². The number of halogens is 1. The molecule has 0 radical (unpaired) electrons. The molecule has 2 aromatic heterocycles. The Labute approximate surface area is 124 Å². The maximum Gasteiger partial charge on any atom is 0.225 e. The first-order valence-corrected chi connectivity index (χ1v) is 7.60. The van der Waals surface area contributed by atoms with E-state index in [9.17, 15) is 4.79 Å². The van der Waals surface area contributed by atoms with Crippen LogP contribution in [0.1, 0.15) is 60.7 Å². The third-order valence-electron chi connectivity index (χ3n) is 2.72. The number of hydrogen-bond donors (Lipinski definition) is 0. The van der Waals surface area contributed by atoms with Crippen LogP contribution in [0, 0.1) is 0 Å². The molecule has 0 bridgehead atoms. The Morgan fingerprint density at radius 2 is 2.05 bits per heavy atom. The summed E-state index contributed by atoms with van der Waals surface area (Å²) in [6.45, 7) is 7.99. The molecule has 0 N–H and O–H groups in total. The van der Waals surface area contributed by atoms with Crippen molar-refractivity contribution >= 4 is 33.2 Å². The fourth-order valence-corrected chi connectivity index (χ4v) is 3.00. The van der Waals surface area contributed by atoms with Crippen molar-refractivity contribution in [1.82, 2.24) is 19.4 Å². The molecule has 0 spiro atoms. The highest BCUT2D eigenvalue weighted by atomic mass is 79.9. The van der Waals surface area contributed by atoms with Crippen molar-refractivity contribution in [3.63, 3.8) is 0 Å². The van der Waals surface area contributed by atoms with Crippen molar-refractivity contribution in [2.24, 2.45) is 0 Å². The summed E-state index contributed by atoms with van der Waals surface area (Å²) in [5.41, 5.74) is 1.31. The van der Waals surface area contributed by atoms with Crippen LogP contribution >= 0.6 is 27.5 Å². The summed E-state index contributed by atoms with van der Waals surface area (Å²) in [5, 5.41) is 8.29. The van der Waals surface area contributed by atoms with Gasteiger partial charge in [0.15, 0.2) is 0 Å². The highest BCUT2D eigenvalue weighted by molar-refractivity contribution is 9.10. The highest BCUT2D eigenvalue weighted by Gasteiger charge is 2.26. The quantitative estimate of drug-likeness (QED) is 0.798. The molecule has 0 saturated carbocycles. The summed E-state index contributed by atoms with van der Waals surface area (Å²) in [7, 11) is 0. The number of ketones is 1. The Kier molecular flexibility index (Phi) is 4.15. The van der Waals surface area contributed by atoms with Crippen molar-refractivity contribution in [2.75, 3.05) is 0 Å². The number of carbonyl (C=O) groups is 1. The zero-order valence-corrected chi connectivity index (χ0v) is 13.6. The first-order chi connectivity index (χ1) is 8.93. The van der Waals surface area contributed by atoms with Crippen LogP contribution in [0.3, 0.4) is 0 Å². The zero-order valence-electron chi connectivity index (χ0n) is 11.2. The van der Waals surface area contributed by atoms with E-state index in [-0.39, 0.29) is 17.7 Å². The highest BCUT2D eigenvalue weighted by Crippen LogP contribution is 2.27. The molecule has 19 heavy (non-hydrogen) atoms. The lowest BCUT2D eigenvalue weighted by atomic mass is 10.1. The van der Waals surface area contributed by atoms with Crippen molar-refractivity contribution in [3.8, 4) is 0 Å². The summed E-state index contributed by atoms with van der Waals surface area (Å²) in [6, 6.07) is 0.119. The second-order valence-corrected chi connectivity index (χ2v) is 6.46. The smallest absolute Gasteiger partial charge is 0.225 e. The Hall–Kier alpha value is -1.08. The molecule has 0 aliphatic rings. The van der Waals surface area contributed by atoms with E-state index in [4.69, 9.17) is 0 Å². The average Bonchev–Trinajstić information content (AvgIpc) is 2.93. The molecule has 0 unspecified atom stereocenters. The summed E-state index contributed by atoms with van der Waals surface area (Å²) in [6.07, 6.45) is 1.65.